The molecule has 446 valence electrons. The predicted octanol–water partition coefficient (Wildman–Crippen LogP) is 22.0. The van der Waals surface area contributed by atoms with Crippen LogP contribution >= 0.6 is 0 Å². The third-order valence-electron chi connectivity index (χ3n) is 12.7. The largest absolute Gasteiger partial charge is 0.462 e. The summed E-state index contributed by atoms with van der Waals surface area (Å²) in [6.45, 7) is 6.29. The van der Waals surface area contributed by atoms with Gasteiger partial charge in [-0.2, -0.15) is 0 Å². The van der Waals surface area contributed by atoms with Crippen LogP contribution in [-0.4, -0.2) is 37.2 Å². The number of unbranched alkanes of at least 4 members (excludes halogenated alkanes) is 14. The Kier molecular flexibility index (Phi) is 61.5. The van der Waals surface area contributed by atoms with Crippen LogP contribution in [0.1, 0.15) is 245 Å². The van der Waals surface area contributed by atoms with Crippen molar-refractivity contribution in [3.63, 3.8) is 0 Å². The van der Waals surface area contributed by atoms with Gasteiger partial charge in [-0.05, 0) is 122 Å². The van der Waals surface area contributed by atoms with Crippen LogP contribution in [0.4, 0.5) is 0 Å². The van der Waals surface area contributed by atoms with E-state index < -0.39 is 12.1 Å². The van der Waals surface area contributed by atoms with Gasteiger partial charge in [-0.3, -0.25) is 14.4 Å². The van der Waals surface area contributed by atoms with E-state index in [2.05, 4.69) is 191 Å². The predicted molar refractivity (Wildman–Crippen MR) is 348 cm³/mol. The molecule has 0 aliphatic carbocycles. The molecule has 0 bridgehead atoms. The fraction of sp³-hybridized carbons (Fsp3) is 0.554. The molecule has 1 unspecified atom stereocenters. The van der Waals surface area contributed by atoms with E-state index in [-0.39, 0.29) is 38.0 Å². The summed E-state index contributed by atoms with van der Waals surface area (Å²) in [5.74, 6) is -1.09. The van der Waals surface area contributed by atoms with Crippen molar-refractivity contribution in [1.82, 2.24) is 0 Å². The highest BCUT2D eigenvalue weighted by atomic mass is 16.6. The van der Waals surface area contributed by atoms with E-state index in [1.807, 2.05) is 12.2 Å². The van der Waals surface area contributed by atoms with Gasteiger partial charge in [-0.25, -0.2) is 0 Å². The van der Waals surface area contributed by atoms with Crippen LogP contribution in [0.5, 0.6) is 0 Å². The van der Waals surface area contributed by atoms with E-state index in [0.29, 0.717) is 19.3 Å². The number of rotatable bonds is 55. The summed E-state index contributed by atoms with van der Waals surface area (Å²) in [6, 6.07) is 0. The molecule has 0 aliphatic rings. The molecule has 0 aromatic heterocycles. The maximum Gasteiger partial charge on any atom is 0.306 e. The number of carbonyl (C=O) groups is 3. The summed E-state index contributed by atoms with van der Waals surface area (Å²) >= 11 is 0. The quantitative estimate of drug-likeness (QED) is 0.0261. The Morgan fingerprint density at radius 2 is 0.512 bits per heavy atom. The zero-order valence-electron chi connectivity index (χ0n) is 51.0. The van der Waals surface area contributed by atoms with E-state index >= 15 is 0 Å². The minimum atomic E-state index is -0.852. The first-order chi connectivity index (χ1) is 39.5. The molecule has 6 nitrogen and oxygen atoms in total. The standard InChI is InChI=1S/C74H114O6/c1-4-7-10-13-16-19-22-25-28-30-32-33-34-35-36-37-38-39-40-41-43-44-46-49-52-55-58-61-64-67-73(76)79-70-71(69-78-72(75)66-63-60-57-54-51-48-27-24-21-18-15-12-9-6-3)80-74(77)68-65-62-59-56-53-50-47-45-42-31-29-26-23-20-17-14-11-8-5-2/h7-8,10-11,16-17,19-20,25-26,28-29,32-33,35-36,38-39,41-43,45-46,49-50,53,55,58-59,62,71H,4-6,9,12-15,18,21-24,27,30-31,34,37,40,44,47-48,51-52,54,56-57,60-61,63-70H2,1-3H3/b10-7-,11-8-,19-16-,20-17-,28-25-,29-26-,33-32-,36-35-,39-38-,43-41-,45-42-,49-46-,53-50-,58-55-,62-59-. The van der Waals surface area contributed by atoms with Crippen molar-refractivity contribution in [3.05, 3.63) is 182 Å². The molecule has 0 rings (SSSR count). The van der Waals surface area contributed by atoms with Gasteiger partial charge < -0.3 is 14.2 Å². The van der Waals surface area contributed by atoms with Gasteiger partial charge in [0.1, 0.15) is 13.2 Å². The SMILES string of the molecule is CC/C=C\C/C=C\C/C=C\C/C=C\C/C=C\C/C=C\C/C=C\C/C=C\C/C=C\CCCC(=O)OCC(COC(=O)CCCCCCCCCCCCCCCC)OC(=O)CC/C=C\C/C=C\C/C=C\C/C=C\C/C=C\C/C=C\CC. The summed E-state index contributed by atoms with van der Waals surface area (Å²) in [7, 11) is 0. The first kappa shape index (κ1) is 74.5. The van der Waals surface area contributed by atoms with Crippen LogP contribution in [0, 0.1) is 0 Å². The number of carbonyl (C=O) groups excluding carboxylic acids is 3. The number of hydrogen-bond donors (Lipinski definition) is 0. The lowest BCUT2D eigenvalue weighted by Crippen LogP contribution is -2.30. The molecule has 0 aromatic carbocycles. The van der Waals surface area contributed by atoms with E-state index in [1.165, 1.54) is 70.6 Å². The van der Waals surface area contributed by atoms with Gasteiger partial charge in [0.15, 0.2) is 6.10 Å². The molecule has 0 aromatic rings. The normalized spacial score (nSPS) is 13.4. The summed E-state index contributed by atoms with van der Waals surface area (Å²) in [5, 5.41) is 0. The second-order valence-electron chi connectivity index (χ2n) is 20.2. The molecule has 1 atom stereocenters. The average molecular weight is 1100 g/mol. The minimum absolute atomic E-state index is 0.133. The molecule has 0 aliphatic heterocycles. The Morgan fingerprint density at radius 3 is 0.812 bits per heavy atom. The number of ether oxygens (including phenoxy) is 3. The highest BCUT2D eigenvalue weighted by Crippen LogP contribution is 2.14. The zero-order valence-corrected chi connectivity index (χ0v) is 51.0. The van der Waals surface area contributed by atoms with Gasteiger partial charge in [0, 0.05) is 19.3 Å². The van der Waals surface area contributed by atoms with Gasteiger partial charge >= 0.3 is 17.9 Å². The maximum atomic E-state index is 12.9. The fourth-order valence-corrected chi connectivity index (χ4v) is 8.00. The Bertz CT molecular complexity index is 1890. The van der Waals surface area contributed by atoms with Crippen molar-refractivity contribution in [1.29, 1.82) is 0 Å². The Labute approximate surface area is 491 Å². The number of allylic oxidation sites excluding steroid dienone is 30. The third kappa shape index (κ3) is 63.3. The van der Waals surface area contributed by atoms with E-state index in [1.54, 1.807) is 0 Å². The first-order valence-electron chi connectivity index (χ1n) is 31.8. The zero-order chi connectivity index (χ0) is 57.8. The molecular formula is C74H114O6. The molecule has 0 saturated heterocycles. The molecule has 0 amide bonds. The Morgan fingerprint density at radius 1 is 0.263 bits per heavy atom. The fourth-order valence-electron chi connectivity index (χ4n) is 8.00. The van der Waals surface area contributed by atoms with Crippen molar-refractivity contribution in [2.24, 2.45) is 0 Å². The minimum Gasteiger partial charge on any atom is -0.462 e. The van der Waals surface area contributed by atoms with Crippen molar-refractivity contribution in [2.45, 2.75) is 252 Å². The van der Waals surface area contributed by atoms with Gasteiger partial charge in [-0.15, -0.1) is 0 Å². The Balaban J connectivity index is 4.57. The number of esters is 3. The van der Waals surface area contributed by atoms with Gasteiger partial charge in [0.2, 0.25) is 0 Å². The van der Waals surface area contributed by atoms with Crippen molar-refractivity contribution < 1.29 is 28.6 Å². The van der Waals surface area contributed by atoms with Crippen LogP contribution in [0.3, 0.4) is 0 Å². The molecular weight excluding hydrogens is 985 g/mol. The molecule has 80 heavy (non-hydrogen) atoms. The molecule has 6 heteroatoms. The number of hydrogen-bond acceptors (Lipinski definition) is 6. The lowest BCUT2D eigenvalue weighted by Gasteiger charge is -2.18. The lowest BCUT2D eigenvalue weighted by molar-refractivity contribution is -0.166. The van der Waals surface area contributed by atoms with Crippen molar-refractivity contribution >= 4 is 17.9 Å². The van der Waals surface area contributed by atoms with Crippen LogP contribution in [-0.2, 0) is 28.6 Å². The molecule has 0 heterocycles. The average Bonchev–Trinajstić information content (AvgIpc) is 3.46. The summed E-state index contributed by atoms with van der Waals surface area (Å²) in [5.41, 5.74) is 0. The summed E-state index contributed by atoms with van der Waals surface area (Å²) in [4.78, 5) is 38.2. The monoisotopic (exact) mass is 1100 g/mol. The molecule has 0 fully saturated rings. The van der Waals surface area contributed by atoms with Gasteiger partial charge in [0.25, 0.3) is 0 Å². The van der Waals surface area contributed by atoms with Crippen LogP contribution in [0.25, 0.3) is 0 Å². The molecule has 0 spiro atoms. The summed E-state index contributed by atoms with van der Waals surface area (Å²) < 4.78 is 16.8. The molecule has 0 radical (unpaired) electrons. The van der Waals surface area contributed by atoms with Crippen LogP contribution in [0.2, 0.25) is 0 Å². The highest BCUT2D eigenvalue weighted by Gasteiger charge is 2.19. The van der Waals surface area contributed by atoms with E-state index in [4.69, 9.17) is 14.2 Å². The second-order valence-corrected chi connectivity index (χ2v) is 20.2. The van der Waals surface area contributed by atoms with E-state index in [9.17, 15) is 14.4 Å². The smallest absolute Gasteiger partial charge is 0.306 e. The van der Waals surface area contributed by atoms with Crippen molar-refractivity contribution in [3.8, 4) is 0 Å². The molecule has 0 N–H and O–H groups in total. The van der Waals surface area contributed by atoms with E-state index in [0.717, 1.165) is 122 Å². The topological polar surface area (TPSA) is 78.9 Å². The van der Waals surface area contributed by atoms with Gasteiger partial charge in [0.05, 0.1) is 0 Å². The third-order valence-corrected chi connectivity index (χ3v) is 12.7. The van der Waals surface area contributed by atoms with Crippen molar-refractivity contribution in [2.75, 3.05) is 13.2 Å². The first-order valence-corrected chi connectivity index (χ1v) is 31.8. The second kappa shape index (κ2) is 66.0. The highest BCUT2D eigenvalue weighted by molar-refractivity contribution is 5.71. The Hall–Kier alpha value is -5.49. The lowest BCUT2D eigenvalue weighted by atomic mass is 10.0. The molecule has 0 saturated carbocycles. The van der Waals surface area contributed by atoms with Crippen LogP contribution < -0.4 is 0 Å². The maximum absolute atomic E-state index is 12.9. The van der Waals surface area contributed by atoms with Crippen LogP contribution in [0.15, 0.2) is 182 Å². The van der Waals surface area contributed by atoms with Gasteiger partial charge in [-0.1, -0.05) is 287 Å². The summed E-state index contributed by atoms with van der Waals surface area (Å²) in [6.07, 6.45) is 99.1.